The molecule has 2 aromatic rings. The standard InChI is InChI=1S/C22H25N3O/c1-15(2)18-12-11-16(3)21(13-18)24-25-22(26)14-23-20-10-6-8-17-7-4-5-9-19(17)20/h4-11,13,18,23-24H,1,12,14H2,2-3H3,(H,25,26). The van der Waals surface area contributed by atoms with E-state index >= 15 is 0 Å². The Labute approximate surface area is 154 Å². The third kappa shape index (κ3) is 4.14. The van der Waals surface area contributed by atoms with Crippen molar-refractivity contribution in [1.29, 1.82) is 0 Å². The van der Waals surface area contributed by atoms with Gasteiger partial charge in [0.2, 0.25) is 0 Å². The monoisotopic (exact) mass is 347 g/mol. The fourth-order valence-electron chi connectivity index (χ4n) is 3.03. The number of carbonyl (C=O) groups is 1. The Bertz CT molecular complexity index is 890. The van der Waals surface area contributed by atoms with Crippen molar-refractivity contribution in [3.63, 3.8) is 0 Å². The van der Waals surface area contributed by atoms with Crippen LogP contribution in [-0.2, 0) is 4.79 Å². The number of rotatable bonds is 6. The van der Waals surface area contributed by atoms with E-state index in [1.807, 2.05) is 44.2 Å². The van der Waals surface area contributed by atoms with Crippen LogP contribution in [0.2, 0.25) is 0 Å². The molecule has 0 saturated carbocycles. The van der Waals surface area contributed by atoms with E-state index in [1.54, 1.807) is 0 Å². The number of allylic oxidation sites excluding steroid dienone is 4. The van der Waals surface area contributed by atoms with E-state index in [0.717, 1.165) is 39.7 Å². The number of hydrazine groups is 1. The maximum Gasteiger partial charge on any atom is 0.257 e. The second kappa shape index (κ2) is 7.91. The Hall–Kier alpha value is -3.01. The van der Waals surface area contributed by atoms with Gasteiger partial charge in [0.05, 0.1) is 12.2 Å². The Morgan fingerprint density at radius 3 is 2.77 bits per heavy atom. The van der Waals surface area contributed by atoms with Crippen LogP contribution in [0, 0.1) is 5.92 Å². The second-order valence-corrected chi connectivity index (χ2v) is 6.71. The van der Waals surface area contributed by atoms with Crippen molar-refractivity contribution < 1.29 is 4.79 Å². The van der Waals surface area contributed by atoms with E-state index in [4.69, 9.17) is 0 Å². The summed E-state index contributed by atoms with van der Waals surface area (Å²) in [6.45, 7) is 8.28. The van der Waals surface area contributed by atoms with Crippen molar-refractivity contribution in [2.75, 3.05) is 11.9 Å². The van der Waals surface area contributed by atoms with Gasteiger partial charge in [0.1, 0.15) is 0 Å². The van der Waals surface area contributed by atoms with Gasteiger partial charge in [-0.05, 0) is 37.3 Å². The number of anilines is 1. The summed E-state index contributed by atoms with van der Waals surface area (Å²) < 4.78 is 0. The normalized spacial score (nSPS) is 16.5. The molecule has 0 aromatic heterocycles. The summed E-state index contributed by atoms with van der Waals surface area (Å²) in [4.78, 5) is 12.2. The minimum absolute atomic E-state index is 0.121. The molecule has 0 fully saturated rings. The average molecular weight is 347 g/mol. The van der Waals surface area contributed by atoms with Crippen molar-refractivity contribution >= 4 is 22.4 Å². The summed E-state index contributed by atoms with van der Waals surface area (Å²) in [5.41, 5.74) is 9.95. The molecule has 0 spiro atoms. The highest BCUT2D eigenvalue weighted by Crippen LogP contribution is 2.25. The van der Waals surface area contributed by atoms with Crippen molar-refractivity contribution in [2.24, 2.45) is 5.92 Å². The summed E-state index contributed by atoms with van der Waals surface area (Å²) in [7, 11) is 0. The molecule has 4 nitrogen and oxygen atoms in total. The summed E-state index contributed by atoms with van der Waals surface area (Å²) in [5.74, 6) is 0.191. The molecule has 134 valence electrons. The Morgan fingerprint density at radius 2 is 1.96 bits per heavy atom. The number of hydrogen-bond donors (Lipinski definition) is 3. The van der Waals surface area contributed by atoms with E-state index in [2.05, 4.69) is 47.0 Å². The second-order valence-electron chi connectivity index (χ2n) is 6.71. The summed E-state index contributed by atoms with van der Waals surface area (Å²) >= 11 is 0. The van der Waals surface area contributed by atoms with Gasteiger partial charge in [-0.2, -0.15) is 0 Å². The molecule has 0 radical (unpaired) electrons. The van der Waals surface area contributed by atoms with E-state index in [0.29, 0.717) is 5.92 Å². The van der Waals surface area contributed by atoms with Crippen LogP contribution in [0.15, 0.2) is 78.0 Å². The van der Waals surface area contributed by atoms with Gasteiger partial charge < -0.3 is 5.32 Å². The number of amides is 1. The quantitative estimate of drug-likeness (QED) is 0.539. The third-order valence-corrected chi connectivity index (χ3v) is 4.67. The van der Waals surface area contributed by atoms with Crippen molar-refractivity contribution in [3.8, 4) is 0 Å². The molecule has 0 heterocycles. The topological polar surface area (TPSA) is 53.2 Å². The van der Waals surface area contributed by atoms with Crippen molar-refractivity contribution in [1.82, 2.24) is 10.9 Å². The number of nitrogens with one attached hydrogen (secondary N) is 3. The fraction of sp³-hybridized carbons (Fsp3) is 0.227. The lowest BCUT2D eigenvalue weighted by atomic mass is 9.90. The van der Waals surface area contributed by atoms with Gasteiger partial charge in [-0.3, -0.25) is 15.6 Å². The molecule has 1 aliphatic carbocycles. The SMILES string of the molecule is C=C(C)C1C=C(NNC(=O)CNc2cccc3ccccc23)C(C)=CC1. The molecule has 3 rings (SSSR count). The predicted molar refractivity (Wildman–Crippen MR) is 108 cm³/mol. The zero-order valence-electron chi connectivity index (χ0n) is 15.3. The minimum Gasteiger partial charge on any atom is -0.376 e. The highest BCUT2D eigenvalue weighted by Gasteiger charge is 2.14. The van der Waals surface area contributed by atoms with Gasteiger partial charge in [-0.15, -0.1) is 0 Å². The lowest BCUT2D eigenvalue weighted by Gasteiger charge is -2.22. The number of benzene rings is 2. The molecule has 1 aliphatic rings. The first-order valence-electron chi connectivity index (χ1n) is 8.85. The van der Waals surface area contributed by atoms with Crippen LogP contribution in [0.5, 0.6) is 0 Å². The molecule has 3 N–H and O–H groups in total. The Kier molecular flexibility index (Phi) is 5.42. The number of hydrogen-bond acceptors (Lipinski definition) is 3. The van der Waals surface area contributed by atoms with Gasteiger partial charge in [0, 0.05) is 17.0 Å². The summed E-state index contributed by atoms with van der Waals surface area (Å²) in [6.07, 6.45) is 5.25. The van der Waals surface area contributed by atoms with E-state index < -0.39 is 0 Å². The Morgan fingerprint density at radius 1 is 1.19 bits per heavy atom. The molecule has 0 bridgehead atoms. The van der Waals surface area contributed by atoms with Gasteiger partial charge in [0.25, 0.3) is 5.91 Å². The molecule has 4 heteroatoms. The highest BCUT2D eigenvalue weighted by molar-refractivity contribution is 5.95. The van der Waals surface area contributed by atoms with Crippen molar-refractivity contribution in [3.05, 3.63) is 78.0 Å². The lowest BCUT2D eigenvalue weighted by Crippen LogP contribution is -2.41. The van der Waals surface area contributed by atoms with Crippen LogP contribution >= 0.6 is 0 Å². The smallest absolute Gasteiger partial charge is 0.257 e. The first-order valence-corrected chi connectivity index (χ1v) is 8.85. The summed E-state index contributed by atoms with van der Waals surface area (Å²) in [5, 5.41) is 5.47. The molecule has 1 atom stereocenters. The van der Waals surface area contributed by atoms with Crippen LogP contribution in [0.3, 0.4) is 0 Å². The lowest BCUT2D eigenvalue weighted by molar-refractivity contribution is -0.120. The van der Waals surface area contributed by atoms with Crippen LogP contribution in [0.1, 0.15) is 20.3 Å². The molecule has 0 aliphatic heterocycles. The predicted octanol–water partition coefficient (Wildman–Crippen LogP) is 4.30. The van der Waals surface area contributed by atoms with E-state index in [-0.39, 0.29) is 12.5 Å². The first-order chi connectivity index (χ1) is 12.5. The zero-order valence-corrected chi connectivity index (χ0v) is 15.3. The molecule has 0 saturated heterocycles. The summed E-state index contributed by atoms with van der Waals surface area (Å²) in [6, 6.07) is 14.1. The van der Waals surface area contributed by atoms with Crippen LogP contribution in [0.25, 0.3) is 10.8 Å². The number of carbonyl (C=O) groups excluding carboxylic acids is 1. The van der Waals surface area contributed by atoms with E-state index in [1.165, 1.54) is 0 Å². The van der Waals surface area contributed by atoms with Crippen LogP contribution in [-0.4, -0.2) is 12.5 Å². The molecular formula is C22H25N3O. The van der Waals surface area contributed by atoms with E-state index in [9.17, 15) is 4.79 Å². The molecule has 1 unspecified atom stereocenters. The molecule has 1 amide bonds. The fourth-order valence-corrected chi connectivity index (χ4v) is 3.03. The highest BCUT2D eigenvalue weighted by atomic mass is 16.2. The molecular weight excluding hydrogens is 322 g/mol. The first kappa shape index (κ1) is 17.8. The average Bonchev–Trinajstić information content (AvgIpc) is 2.65. The molecule has 26 heavy (non-hydrogen) atoms. The maximum absolute atomic E-state index is 12.2. The van der Waals surface area contributed by atoms with Gasteiger partial charge in [-0.1, -0.05) is 60.7 Å². The number of fused-ring (bicyclic) bond motifs is 1. The van der Waals surface area contributed by atoms with Crippen molar-refractivity contribution in [2.45, 2.75) is 20.3 Å². The third-order valence-electron chi connectivity index (χ3n) is 4.67. The van der Waals surface area contributed by atoms with Gasteiger partial charge in [0.15, 0.2) is 0 Å². The molecule has 2 aromatic carbocycles. The zero-order chi connectivity index (χ0) is 18.5. The van der Waals surface area contributed by atoms with Crippen LogP contribution < -0.4 is 16.2 Å². The maximum atomic E-state index is 12.2. The van der Waals surface area contributed by atoms with Gasteiger partial charge >= 0.3 is 0 Å². The largest absolute Gasteiger partial charge is 0.376 e. The Balaban J connectivity index is 1.57. The van der Waals surface area contributed by atoms with Crippen LogP contribution in [0.4, 0.5) is 5.69 Å². The minimum atomic E-state index is -0.121. The van der Waals surface area contributed by atoms with Gasteiger partial charge in [-0.25, -0.2) is 0 Å².